The normalized spacial score (nSPS) is 16.8. The highest BCUT2D eigenvalue weighted by Crippen LogP contribution is 2.20. The molecule has 10 rings (SSSR count). The second-order valence-corrected chi connectivity index (χ2v) is 19.0. The summed E-state index contributed by atoms with van der Waals surface area (Å²) in [5, 5.41) is 11.3. The molecule has 10 aromatic rings. The zero-order valence-electron chi connectivity index (χ0n) is 71.6. The minimum atomic E-state index is -3.17. The highest BCUT2D eigenvalue weighted by Gasteiger charge is 2.15. The molecule has 5 atom stereocenters. The van der Waals surface area contributed by atoms with Crippen LogP contribution < -0.4 is 66.3 Å². The van der Waals surface area contributed by atoms with Crippen molar-refractivity contribution in [2.75, 3.05) is 21.3 Å². The number of H-pyrrole nitrogens is 4. The highest BCUT2D eigenvalue weighted by atomic mass is 19.1. The molecular weight excluding hydrogens is 1120 g/mol. The molecular formula is C66H72FN13O8. The maximum absolute atomic E-state index is 13.7. The van der Waals surface area contributed by atoms with Crippen molar-refractivity contribution in [1.29, 1.82) is 0 Å². The molecule has 0 aliphatic rings. The fourth-order valence-electron chi connectivity index (χ4n) is 8.12. The number of nitrogens with zero attached hydrogens (tertiary/aromatic N) is 5. The molecule has 5 aromatic carbocycles. The topological polar surface area (TPSA) is 280 Å². The number of aromatic amines is 4. The van der Waals surface area contributed by atoms with Crippen LogP contribution in [-0.2, 0) is 0 Å². The number of hydrogen-bond donors (Lipinski definition) is 8. The Morgan fingerprint density at radius 3 is 1.22 bits per heavy atom. The molecule has 0 bridgehead atoms. The van der Waals surface area contributed by atoms with Gasteiger partial charge in [-0.3, -0.25) is 48.2 Å². The van der Waals surface area contributed by atoms with Crippen LogP contribution in [0.5, 0.6) is 0 Å². The SMILES string of the molecule is [2H]C([2H])([2H])C(C)n1c(=O)cc(N[C@@H](C)c2ccccc2)[nH]c1=O.[2H]c1c([2H])c([2H])c([C@H](C)Nc2cc(=O)n(-c3cc(C)cc(F)c3)c(=O)[nH]2)c([2H])c1[2H].[2H]c1c([2H])c([2H])c([C@H](C)Nc2cc(=O)n(-c3ccccn3)c(=O)[nH]2)c([2H])c1[2H].[2H]c1c([2H])c([2H])c([C@H](C)Nc2cc(=O)n(C(C([2H])([2H])[2H])C([2H])([2H])[2H])c(=O)[nH]2)c([2H])c1[2H]. The van der Waals surface area contributed by atoms with Gasteiger partial charge in [0.2, 0.25) is 0 Å². The third kappa shape index (κ3) is 17.6. The molecule has 0 saturated heterocycles. The van der Waals surface area contributed by atoms with Crippen LogP contribution in [0, 0.1) is 12.7 Å². The maximum atomic E-state index is 13.7. The summed E-state index contributed by atoms with van der Waals surface area (Å²) in [4.78, 5) is 112. The fraction of sp³-hybridized carbons (Fsp3) is 0.227. The average molecular weight is 1220 g/mol. The minimum Gasteiger partial charge on any atom is -0.365 e. The minimum absolute atomic E-state index is 0.00585. The van der Waals surface area contributed by atoms with Crippen molar-refractivity contribution in [3.05, 3.63) is 305 Å². The molecule has 0 fully saturated rings. The Balaban J connectivity index is 0.000000208. The number of benzene rings is 5. The first-order chi connectivity index (χ1) is 51.9. The van der Waals surface area contributed by atoms with Crippen LogP contribution in [-0.4, -0.2) is 43.2 Å². The van der Waals surface area contributed by atoms with Gasteiger partial charge in [-0.25, -0.2) is 37.7 Å². The van der Waals surface area contributed by atoms with Gasteiger partial charge in [-0.2, -0.15) is 0 Å². The first-order valence-corrected chi connectivity index (χ1v) is 26.4. The van der Waals surface area contributed by atoms with E-state index in [1.165, 1.54) is 51.2 Å². The van der Waals surface area contributed by atoms with Gasteiger partial charge in [0.25, 0.3) is 22.2 Å². The molecule has 8 N–H and O–H groups in total. The van der Waals surface area contributed by atoms with E-state index in [0.29, 0.717) is 10.1 Å². The monoisotopic (exact) mass is 1220 g/mol. The van der Waals surface area contributed by atoms with Gasteiger partial charge >= 0.3 is 22.8 Å². The average Bonchev–Trinajstić information content (AvgIpc) is 0.780. The Labute approximate surface area is 539 Å². The van der Waals surface area contributed by atoms with Crippen molar-refractivity contribution in [2.45, 2.75) is 98.3 Å². The van der Waals surface area contributed by atoms with E-state index in [0.717, 1.165) is 39.0 Å². The molecule has 5 heterocycles. The lowest BCUT2D eigenvalue weighted by molar-refractivity contribution is 0.546. The second-order valence-electron chi connectivity index (χ2n) is 19.0. The Bertz CT molecular complexity index is 5470. The summed E-state index contributed by atoms with van der Waals surface area (Å²) in [6.07, 6.45) is 1.45. The van der Waals surface area contributed by atoms with Crippen LogP contribution in [0.3, 0.4) is 0 Å². The molecule has 0 spiro atoms. The number of hydrogen-bond acceptors (Lipinski definition) is 13. The van der Waals surface area contributed by atoms with Gasteiger partial charge in [-0.15, -0.1) is 0 Å². The zero-order chi connectivity index (χ0) is 84.2. The van der Waals surface area contributed by atoms with Gasteiger partial charge in [-0.05, 0) is 120 Å². The molecule has 0 aliphatic heterocycles. The summed E-state index contributed by atoms with van der Waals surface area (Å²) < 4.78 is 200. The summed E-state index contributed by atoms with van der Waals surface area (Å²) >= 11 is 0. The first kappa shape index (κ1) is 38.9. The highest BCUT2D eigenvalue weighted by molar-refractivity contribution is 5.43. The van der Waals surface area contributed by atoms with Crippen LogP contribution in [0.25, 0.3) is 11.5 Å². The van der Waals surface area contributed by atoms with Crippen molar-refractivity contribution in [3.8, 4) is 11.5 Å². The standard InChI is InChI=1S/C19H18FN3O2.C17H16N4O2.2C15H19N3O2/c1-12-8-15(20)10-16(9-12)23-18(24)11-17(22-19(23)25)21-13(2)14-6-4-3-5-7-14;1-12(13-7-3-2-4-8-13)19-14-11-16(22)21(17(23)20-14)15-9-5-6-10-18-15;2*1-10(2)18-14(19)9-13(17-15(18)20)16-11(3)12-7-5-4-6-8-12/h3-11,13,21H,1-2H3,(H,22,25);2-12,19H,1H3,(H,20,23);2*4-11,16H,1-3H3,(H,17,20)/t13-;12-;2*11-/m0000/s1/i3D,4D,5D,6D,7D;2D,3D,4D,7D,8D;1D3,2D3,4D,5D,6D,7D,8D;1D3/t3m;10?,11-. The quantitative estimate of drug-likeness (QED) is 0.0448. The largest absolute Gasteiger partial charge is 0.365 e. The molecule has 0 saturated carbocycles. The molecule has 5 aromatic heterocycles. The van der Waals surface area contributed by atoms with Crippen molar-refractivity contribution in [1.82, 2.24) is 43.2 Å². The molecule has 456 valence electrons. The van der Waals surface area contributed by atoms with E-state index in [1.807, 2.05) is 37.3 Å². The number of nitrogens with one attached hydrogen (secondary N) is 8. The number of rotatable bonds is 16. The van der Waals surface area contributed by atoms with Gasteiger partial charge in [0.05, 0.1) is 26.2 Å². The third-order valence-corrected chi connectivity index (χ3v) is 12.3. The van der Waals surface area contributed by atoms with Crippen LogP contribution in [0.4, 0.5) is 27.7 Å². The lowest BCUT2D eigenvalue weighted by Crippen LogP contribution is -2.36. The van der Waals surface area contributed by atoms with E-state index in [-0.39, 0.29) is 86.2 Å². The number of anilines is 4. The molecule has 21 nitrogen and oxygen atoms in total. The van der Waals surface area contributed by atoms with Crippen LogP contribution in [0.1, 0.15) is 152 Å². The Morgan fingerprint density at radius 2 is 0.830 bits per heavy atom. The number of aryl methyl sites for hydroxylation is 1. The molecule has 22 heteroatoms. The lowest BCUT2D eigenvalue weighted by atomic mass is 10.1. The Hall–Kier alpha value is -10.9. The Morgan fingerprint density at radius 1 is 0.443 bits per heavy atom. The second kappa shape index (κ2) is 30.3. The fourth-order valence-corrected chi connectivity index (χ4v) is 8.12. The zero-order valence-corrected chi connectivity index (χ0v) is 47.6. The van der Waals surface area contributed by atoms with Crippen molar-refractivity contribution < 1.29 is 37.3 Å². The first-order valence-electron chi connectivity index (χ1n) is 38.4. The van der Waals surface area contributed by atoms with Crippen molar-refractivity contribution in [2.24, 2.45) is 0 Å². The molecule has 0 aliphatic carbocycles. The van der Waals surface area contributed by atoms with Gasteiger partial charge in [0.1, 0.15) is 34.9 Å². The molecule has 1 unspecified atom stereocenters. The van der Waals surface area contributed by atoms with Gasteiger partial charge in [-0.1, -0.05) is 127 Å². The summed E-state index contributed by atoms with van der Waals surface area (Å²) in [5.74, 6) is -0.367. The van der Waals surface area contributed by atoms with E-state index in [9.17, 15) is 42.7 Å². The van der Waals surface area contributed by atoms with Crippen LogP contribution in [0.2, 0.25) is 0 Å². The predicted octanol–water partition coefficient (Wildman–Crippen LogP) is 9.82. The van der Waals surface area contributed by atoms with E-state index in [4.69, 9.17) is 32.9 Å². The van der Waals surface area contributed by atoms with Gasteiger partial charge in [0, 0.05) is 79.1 Å². The summed E-state index contributed by atoms with van der Waals surface area (Å²) in [6, 6.07) is 9.08. The van der Waals surface area contributed by atoms with Crippen LogP contribution >= 0.6 is 0 Å². The summed E-state index contributed by atoms with van der Waals surface area (Å²) in [7, 11) is 0. The smallest absolute Gasteiger partial charge is 0.335 e. The third-order valence-electron chi connectivity index (χ3n) is 12.3. The van der Waals surface area contributed by atoms with E-state index < -0.39 is 168 Å². The predicted molar refractivity (Wildman–Crippen MR) is 345 cm³/mol. The maximum Gasteiger partial charge on any atom is 0.335 e. The number of pyridine rings is 1. The summed E-state index contributed by atoms with van der Waals surface area (Å²) in [6.45, 7) is 0.602. The lowest BCUT2D eigenvalue weighted by Gasteiger charge is -2.16. The molecule has 0 amide bonds. The van der Waals surface area contributed by atoms with E-state index >= 15 is 0 Å². The Kier molecular flexibility index (Phi) is 13.4. The van der Waals surface area contributed by atoms with Crippen molar-refractivity contribution in [3.63, 3.8) is 0 Å². The molecule has 0 radical (unpaired) electrons. The van der Waals surface area contributed by atoms with Crippen molar-refractivity contribution >= 4 is 23.3 Å². The number of halogens is 1. The number of aromatic nitrogens is 9. The van der Waals surface area contributed by atoms with E-state index in [2.05, 4.69) is 46.2 Å². The van der Waals surface area contributed by atoms with Gasteiger partial charge < -0.3 is 21.3 Å². The molecule has 88 heavy (non-hydrogen) atoms. The summed E-state index contributed by atoms with van der Waals surface area (Å²) in [5.41, 5.74) is -5.28. The van der Waals surface area contributed by atoms with Crippen LogP contribution in [0.15, 0.2) is 226 Å². The van der Waals surface area contributed by atoms with Gasteiger partial charge in [0.15, 0.2) is 0 Å². The van der Waals surface area contributed by atoms with E-state index in [1.54, 1.807) is 26.0 Å².